The molecule has 7 heteroatoms. The lowest BCUT2D eigenvalue weighted by Crippen LogP contribution is -2.22. The Morgan fingerprint density at radius 2 is 2.09 bits per heavy atom. The number of nitrogens with two attached hydrogens (primary N) is 1. The number of hydrogen-bond donors (Lipinski definition) is 1. The summed E-state index contributed by atoms with van der Waals surface area (Å²) in [5.41, 5.74) is 6.34. The quantitative estimate of drug-likeness (QED) is 0.558. The minimum atomic E-state index is -1.05. The molecule has 2 aromatic heterocycles. The Hall–Kier alpha value is -0.893. The van der Waals surface area contributed by atoms with Crippen LogP contribution in [-0.2, 0) is 11.5 Å². The SMILES string of the molecule is C[Si](C)(C)CCOCn1ccc2cc(Br)c(OCCN)nc21. The lowest BCUT2D eigenvalue weighted by molar-refractivity contribution is 0.0898. The van der Waals surface area contributed by atoms with Gasteiger partial charge in [-0.2, -0.15) is 4.98 Å². The lowest BCUT2D eigenvalue weighted by atomic mass is 10.3. The average Bonchev–Trinajstić information content (AvgIpc) is 2.82. The van der Waals surface area contributed by atoms with Gasteiger partial charge in [0.15, 0.2) is 0 Å². The van der Waals surface area contributed by atoms with E-state index < -0.39 is 8.07 Å². The highest BCUT2D eigenvalue weighted by atomic mass is 79.9. The first-order valence-electron chi connectivity index (χ1n) is 7.47. The number of halogens is 1. The van der Waals surface area contributed by atoms with Crippen molar-refractivity contribution in [2.75, 3.05) is 19.8 Å². The van der Waals surface area contributed by atoms with Crippen molar-refractivity contribution in [1.29, 1.82) is 0 Å². The van der Waals surface area contributed by atoms with Crippen molar-refractivity contribution in [3.8, 4) is 5.88 Å². The Morgan fingerprint density at radius 3 is 2.77 bits per heavy atom. The topological polar surface area (TPSA) is 62.3 Å². The largest absolute Gasteiger partial charge is 0.475 e. The zero-order valence-corrected chi connectivity index (χ0v) is 16.0. The molecule has 0 saturated carbocycles. The van der Waals surface area contributed by atoms with Gasteiger partial charge < -0.3 is 19.8 Å². The maximum absolute atomic E-state index is 5.80. The third-order valence-electron chi connectivity index (χ3n) is 3.24. The number of hydrogen-bond acceptors (Lipinski definition) is 4. The summed E-state index contributed by atoms with van der Waals surface area (Å²) >= 11 is 3.48. The molecule has 0 spiro atoms. The molecule has 0 radical (unpaired) electrons. The van der Waals surface area contributed by atoms with Crippen LogP contribution in [0.3, 0.4) is 0 Å². The van der Waals surface area contributed by atoms with E-state index in [2.05, 4.69) is 40.6 Å². The predicted molar refractivity (Wildman–Crippen MR) is 96.1 cm³/mol. The maximum atomic E-state index is 5.80. The van der Waals surface area contributed by atoms with Crippen molar-refractivity contribution in [1.82, 2.24) is 9.55 Å². The second kappa shape index (κ2) is 7.59. The van der Waals surface area contributed by atoms with Gasteiger partial charge in [-0.1, -0.05) is 19.6 Å². The maximum Gasteiger partial charge on any atom is 0.230 e. The number of aromatic nitrogens is 2. The summed E-state index contributed by atoms with van der Waals surface area (Å²) in [6, 6.07) is 5.20. The highest BCUT2D eigenvalue weighted by Gasteiger charge is 2.13. The molecule has 0 bridgehead atoms. The Labute approximate surface area is 140 Å². The number of fused-ring (bicyclic) bond motifs is 1. The second-order valence-electron chi connectivity index (χ2n) is 6.46. The molecule has 2 aromatic rings. The van der Waals surface area contributed by atoms with E-state index in [0.29, 0.717) is 25.8 Å². The molecule has 2 heterocycles. The minimum Gasteiger partial charge on any atom is -0.475 e. The highest BCUT2D eigenvalue weighted by molar-refractivity contribution is 9.10. The van der Waals surface area contributed by atoms with Gasteiger partial charge in [0.05, 0.1) is 4.47 Å². The van der Waals surface area contributed by atoms with Gasteiger partial charge in [-0.15, -0.1) is 0 Å². The van der Waals surface area contributed by atoms with Crippen LogP contribution >= 0.6 is 15.9 Å². The standard InChI is InChI=1S/C15H24BrN3O2Si/c1-22(2,3)9-8-20-11-19-6-4-12-10-13(16)15(18-14(12)19)21-7-5-17/h4,6,10H,5,7-9,11,17H2,1-3H3. The van der Waals surface area contributed by atoms with Crippen molar-refractivity contribution < 1.29 is 9.47 Å². The van der Waals surface area contributed by atoms with Gasteiger partial charge >= 0.3 is 0 Å². The molecule has 5 nitrogen and oxygen atoms in total. The van der Waals surface area contributed by atoms with Crippen molar-refractivity contribution in [2.45, 2.75) is 32.4 Å². The summed E-state index contributed by atoms with van der Waals surface area (Å²) < 4.78 is 14.2. The summed E-state index contributed by atoms with van der Waals surface area (Å²) in [6.45, 7) is 9.27. The fourth-order valence-electron chi connectivity index (χ4n) is 1.97. The molecule has 0 amide bonds. The van der Waals surface area contributed by atoms with E-state index in [0.717, 1.165) is 28.2 Å². The molecule has 0 aromatic carbocycles. The second-order valence-corrected chi connectivity index (χ2v) is 12.9. The first kappa shape index (κ1) is 17.5. The minimum absolute atomic E-state index is 0.449. The molecule has 0 aliphatic carbocycles. The highest BCUT2D eigenvalue weighted by Crippen LogP contribution is 2.27. The van der Waals surface area contributed by atoms with E-state index in [9.17, 15) is 0 Å². The summed E-state index contributed by atoms with van der Waals surface area (Å²) in [5, 5.41) is 1.06. The van der Waals surface area contributed by atoms with Crippen LogP contribution in [-0.4, -0.2) is 37.4 Å². The third kappa shape index (κ3) is 4.81. The van der Waals surface area contributed by atoms with Crippen molar-refractivity contribution in [3.05, 3.63) is 22.8 Å². The molecule has 0 saturated heterocycles. The Balaban J connectivity index is 2.07. The number of nitrogens with zero attached hydrogens (tertiary/aromatic N) is 2. The van der Waals surface area contributed by atoms with Gasteiger partial charge in [-0.05, 0) is 34.1 Å². The molecule has 0 fully saturated rings. The van der Waals surface area contributed by atoms with E-state index >= 15 is 0 Å². The number of rotatable bonds is 8. The predicted octanol–water partition coefficient (Wildman–Crippen LogP) is 3.45. The summed E-state index contributed by atoms with van der Waals surface area (Å²) in [6.07, 6.45) is 1.99. The molecule has 2 rings (SSSR count). The first-order valence-corrected chi connectivity index (χ1v) is 12.0. The molecule has 2 N–H and O–H groups in total. The summed E-state index contributed by atoms with van der Waals surface area (Å²) in [5.74, 6) is 0.569. The number of ether oxygens (including phenoxy) is 2. The van der Waals surface area contributed by atoms with Crippen LogP contribution in [0.4, 0.5) is 0 Å². The van der Waals surface area contributed by atoms with Gasteiger partial charge in [0, 0.05) is 32.8 Å². The molecule has 0 atom stereocenters. The van der Waals surface area contributed by atoms with Gasteiger partial charge in [0.25, 0.3) is 0 Å². The Kier molecular flexibility index (Phi) is 6.02. The smallest absolute Gasteiger partial charge is 0.230 e. The van der Waals surface area contributed by atoms with Gasteiger partial charge in [0.2, 0.25) is 5.88 Å². The van der Waals surface area contributed by atoms with Gasteiger partial charge in [-0.25, -0.2) is 0 Å². The van der Waals surface area contributed by atoms with Crippen LogP contribution in [0.2, 0.25) is 25.7 Å². The van der Waals surface area contributed by atoms with E-state index in [1.54, 1.807) is 0 Å². The fraction of sp³-hybridized carbons (Fsp3) is 0.533. The van der Waals surface area contributed by atoms with Crippen LogP contribution in [0.1, 0.15) is 0 Å². The van der Waals surface area contributed by atoms with Crippen LogP contribution in [0.5, 0.6) is 5.88 Å². The number of pyridine rings is 1. The zero-order valence-electron chi connectivity index (χ0n) is 13.4. The monoisotopic (exact) mass is 385 g/mol. The van der Waals surface area contributed by atoms with E-state index in [4.69, 9.17) is 15.2 Å². The van der Waals surface area contributed by atoms with Crippen LogP contribution in [0.25, 0.3) is 11.0 Å². The van der Waals surface area contributed by atoms with Crippen LogP contribution in [0, 0.1) is 0 Å². The Bertz CT molecular complexity index is 625. The molecule has 122 valence electrons. The Morgan fingerprint density at radius 1 is 1.32 bits per heavy atom. The fourth-order valence-corrected chi connectivity index (χ4v) is 3.18. The normalized spacial score (nSPS) is 12.0. The molecular formula is C15H24BrN3O2Si. The average molecular weight is 386 g/mol. The molecular weight excluding hydrogens is 362 g/mol. The van der Waals surface area contributed by atoms with Gasteiger partial charge in [-0.3, -0.25) is 0 Å². The summed E-state index contributed by atoms with van der Waals surface area (Å²) in [7, 11) is -1.05. The van der Waals surface area contributed by atoms with Gasteiger partial charge in [0.1, 0.15) is 19.0 Å². The molecule has 0 aliphatic heterocycles. The van der Waals surface area contributed by atoms with Crippen molar-refractivity contribution >= 4 is 35.0 Å². The van der Waals surface area contributed by atoms with E-state index in [1.165, 1.54) is 0 Å². The van der Waals surface area contributed by atoms with Crippen molar-refractivity contribution in [2.24, 2.45) is 5.73 Å². The van der Waals surface area contributed by atoms with Crippen LogP contribution < -0.4 is 10.5 Å². The first-order chi connectivity index (χ1) is 10.4. The molecule has 0 unspecified atom stereocenters. The van der Waals surface area contributed by atoms with E-state index in [1.807, 2.05) is 22.9 Å². The molecule has 22 heavy (non-hydrogen) atoms. The molecule has 0 aliphatic rings. The summed E-state index contributed by atoms with van der Waals surface area (Å²) in [4.78, 5) is 4.57. The zero-order chi connectivity index (χ0) is 16.2. The lowest BCUT2D eigenvalue weighted by Gasteiger charge is -2.15. The third-order valence-corrected chi connectivity index (χ3v) is 5.51. The van der Waals surface area contributed by atoms with Crippen molar-refractivity contribution in [3.63, 3.8) is 0 Å². The van der Waals surface area contributed by atoms with E-state index in [-0.39, 0.29) is 0 Å². The van der Waals surface area contributed by atoms with Crippen LogP contribution in [0.15, 0.2) is 22.8 Å².